The zero-order valence-electron chi connectivity index (χ0n) is 11.9. The van der Waals surface area contributed by atoms with E-state index in [1.807, 2.05) is 30.3 Å². The van der Waals surface area contributed by atoms with E-state index >= 15 is 0 Å². The van der Waals surface area contributed by atoms with E-state index in [2.05, 4.69) is 0 Å². The summed E-state index contributed by atoms with van der Waals surface area (Å²) in [5.41, 5.74) is 0.844. The number of imide groups is 1. The van der Waals surface area contributed by atoms with E-state index in [-0.39, 0.29) is 11.9 Å². The summed E-state index contributed by atoms with van der Waals surface area (Å²) in [7, 11) is 1.63. The molecule has 5 nitrogen and oxygen atoms in total. The lowest BCUT2D eigenvalue weighted by atomic mass is 10.0. The van der Waals surface area contributed by atoms with Gasteiger partial charge in [-0.3, -0.25) is 4.79 Å². The number of hydrogen-bond acceptors (Lipinski definition) is 3. The molecule has 108 valence electrons. The molecule has 2 heterocycles. The maximum absolute atomic E-state index is 12.5. The molecule has 0 spiro atoms. The number of rotatable bonds is 3. The van der Waals surface area contributed by atoms with Crippen LogP contribution in [0.1, 0.15) is 24.3 Å². The van der Waals surface area contributed by atoms with Crippen LogP contribution in [0.25, 0.3) is 0 Å². The van der Waals surface area contributed by atoms with Crippen molar-refractivity contribution in [2.24, 2.45) is 0 Å². The summed E-state index contributed by atoms with van der Waals surface area (Å²) >= 11 is 0. The normalized spacial score (nSPS) is 20.2. The van der Waals surface area contributed by atoms with Crippen LogP contribution in [0.4, 0.5) is 4.79 Å². The quantitative estimate of drug-likeness (QED) is 0.814. The van der Waals surface area contributed by atoms with Crippen LogP contribution >= 0.6 is 0 Å². The molecule has 1 aromatic heterocycles. The minimum Gasteiger partial charge on any atom is -0.467 e. The molecule has 3 amide bonds. The van der Waals surface area contributed by atoms with Crippen LogP contribution in [0.3, 0.4) is 0 Å². The third kappa shape index (κ3) is 2.11. The summed E-state index contributed by atoms with van der Waals surface area (Å²) in [4.78, 5) is 27.6. The predicted molar refractivity (Wildman–Crippen MR) is 76.5 cm³/mol. The Bertz CT molecular complexity index is 631. The summed E-state index contributed by atoms with van der Waals surface area (Å²) in [5, 5.41) is 0. The number of urea groups is 1. The van der Waals surface area contributed by atoms with E-state index < -0.39 is 12.1 Å². The topological polar surface area (TPSA) is 53.8 Å². The first-order chi connectivity index (χ1) is 10.1. The number of nitrogens with zero attached hydrogens (tertiary/aromatic N) is 2. The second-order valence-corrected chi connectivity index (χ2v) is 5.11. The highest BCUT2D eigenvalue weighted by molar-refractivity contribution is 6.04. The molecule has 0 bridgehead atoms. The summed E-state index contributed by atoms with van der Waals surface area (Å²) in [5.74, 6) is 0.359. The van der Waals surface area contributed by atoms with Gasteiger partial charge in [0.15, 0.2) is 0 Å². The van der Waals surface area contributed by atoms with Crippen molar-refractivity contribution in [3.05, 3.63) is 60.1 Å². The molecule has 1 fully saturated rings. The summed E-state index contributed by atoms with van der Waals surface area (Å²) in [6, 6.07) is 11.7. The minimum atomic E-state index is -0.534. The Morgan fingerprint density at radius 3 is 2.33 bits per heavy atom. The maximum Gasteiger partial charge on any atom is 0.328 e. The van der Waals surface area contributed by atoms with Crippen LogP contribution in [-0.4, -0.2) is 34.8 Å². The molecule has 0 radical (unpaired) electrons. The van der Waals surface area contributed by atoms with Crippen LogP contribution in [0.5, 0.6) is 0 Å². The third-order valence-electron chi connectivity index (χ3n) is 3.87. The van der Waals surface area contributed by atoms with E-state index in [4.69, 9.17) is 4.42 Å². The summed E-state index contributed by atoms with van der Waals surface area (Å²) in [6.07, 6.45) is 1.55. The molecule has 1 aliphatic rings. The third-order valence-corrected chi connectivity index (χ3v) is 3.87. The fourth-order valence-electron chi connectivity index (χ4n) is 2.56. The molecule has 5 heteroatoms. The molecule has 1 saturated heterocycles. The van der Waals surface area contributed by atoms with Crippen molar-refractivity contribution < 1.29 is 14.0 Å². The number of carbonyl (C=O) groups excluding carboxylic acids is 2. The van der Waals surface area contributed by atoms with Crippen molar-refractivity contribution in [3.8, 4) is 0 Å². The predicted octanol–water partition coefficient (Wildman–Crippen LogP) is 2.65. The summed E-state index contributed by atoms with van der Waals surface area (Å²) < 4.78 is 5.46. The zero-order valence-corrected chi connectivity index (χ0v) is 11.9. The molecule has 0 aliphatic carbocycles. The number of furan rings is 1. The van der Waals surface area contributed by atoms with Gasteiger partial charge in [-0.05, 0) is 24.6 Å². The highest BCUT2D eigenvalue weighted by Gasteiger charge is 2.45. The Kier molecular flexibility index (Phi) is 3.25. The van der Waals surface area contributed by atoms with Gasteiger partial charge in [0.05, 0.1) is 6.26 Å². The lowest BCUT2D eigenvalue weighted by Gasteiger charge is -2.24. The Hall–Kier alpha value is -2.56. The Labute approximate surface area is 122 Å². The molecule has 2 atom stereocenters. The van der Waals surface area contributed by atoms with E-state index in [0.29, 0.717) is 5.76 Å². The molecular formula is C16H16N2O3. The summed E-state index contributed by atoms with van der Waals surface area (Å²) in [6.45, 7) is 1.73. The van der Waals surface area contributed by atoms with Gasteiger partial charge in [-0.2, -0.15) is 0 Å². The Morgan fingerprint density at radius 2 is 1.81 bits per heavy atom. The zero-order chi connectivity index (χ0) is 15.0. The van der Waals surface area contributed by atoms with Crippen LogP contribution in [-0.2, 0) is 4.79 Å². The van der Waals surface area contributed by atoms with Gasteiger partial charge in [0, 0.05) is 7.05 Å². The van der Waals surface area contributed by atoms with Gasteiger partial charge in [0.25, 0.3) is 5.91 Å². The van der Waals surface area contributed by atoms with Crippen LogP contribution in [0.2, 0.25) is 0 Å². The van der Waals surface area contributed by atoms with E-state index in [1.165, 1.54) is 9.80 Å². The fourth-order valence-corrected chi connectivity index (χ4v) is 2.56. The Morgan fingerprint density at radius 1 is 1.10 bits per heavy atom. The average molecular weight is 284 g/mol. The number of benzene rings is 1. The van der Waals surface area contributed by atoms with Crippen LogP contribution < -0.4 is 0 Å². The number of amides is 3. The monoisotopic (exact) mass is 284 g/mol. The van der Waals surface area contributed by atoms with Gasteiger partial charge >= 0.3 is 6.03 Å². The van der Waals surface area contributed by atoms with Gasteiger partial charge in [-0.25, -0.2) is 9.69 Å². The lowest BCUT2D eigenvalue weighted by Crippen LogP contribution is -2.36. The first-order valence-corrected chi connectivity index (χ1v) is 6.79. The number of hydrogen-bond donors (Lipinski definition) is 0. The molecule has 3 rings (SSSR count). The van der Waals surface area contributed by atoms with Crippen molar-refractivity contribution in [1.82, 2.24) is 9.80 Å². The fraction of sp³-hybridized carbons (Fsp3) is 0.250. The highest BCUT2D eigenvalue weighted by atomic mass is 16.3. The number of likely N-dealkylation sites (N-methyl/N-ethyl adjacent to an activating group) is 1. The smallest absolute Gasteiger partial charge is 0.328 e. The van der Waals surface area contributed by atoms with Crippen LogP contribution in [0.15, 0.2) is 53.1 Å². The van der Waals surface area contributed by atoms with Crippen LogP contribution in [0, 0.1) is 0 Å². The molecule has 1 aliphatic heterocycles. The van der Waals surface area contributed by atoms with Crippen molar-refractivity contribution in [1.29, 1.82) is 0 Å². The van der Waals surface area contributed by atoms with Gasteiger partial charge in [-0.1, -0.05) is 30.3 Å². The van der Waals surface area contributed by atoms with Gasteiger partial charge in [0.2, 0.25) is 0 Å². The first-order valence-electron chi connectivity index (χ1n) is 6.79. The van der Waals surface area contributed by atoms with Gasteiger partial charge in [0.1, 0.15) is 17.8 Å². The maximum atomic E-state index is 12.5. The second-order valence-electron chi connectivity index (χ2n) is 5.11. The molecule has 0 N–H and O–H groups in total. The molecular weight excluding hydrogens is 268 g/mol. The molecule has 1 unspecified atom stereocenters. The SMILES string of the molecule is C[C@H]1C(=O)N(C(c2ccccc2)c2ccco2)C(=O)N1C. The van der Waals surface area contributed by atoms with Crippen molar-refractivity contribution in [3.63, 3.8) is 0 Å². The standard InChI is InChI=1S/C16H16N2O3/c1-11-15(19)18(16(20)17(11)2)14(13-9-6-10-21-13)12-7-4-3-5-8-12/h3-11,14H,1-2H3/t11-,14?/m0/s1. The van der Waals surface area contributed by atoms with E-state index in [1.54, 1.807) is 32.4 Å². The van der Waals surface area contributed by atoms with E-state index in [0.717, 1.165) is 5.56 Å². The number of carbonyl (C=O) groups is 2. The second kappa shape index (κ2) is 5.09. The molecule has 21 heavy (non-hydrogen) atoms. The van der Waals surface area contributed by atoms with Crippen molar-refractivity contribution in [2.45, 2.75) is 19.0 Å². The molecule has 1 aromatic carbocycles. The van der Waals surface area contributed by atoms with Crippen molar-refractivity contribution in [2.75, 3.05) is 7.05 Å². The molecule has 2 aromatic rings. The van der Waals surface area contributed by atoms with Gasteiger partial charge < -0.3 is 9.32 Å². The van der Waals surface area contributed by atoms with E-state index in [9.17, 15) is 9.59 Å². The van der Waals surface area contributed by atoms with Gasteiger partial charge in [-0.15, -0.1) is 0 Å². The highest BCUT2D eigenvalue weighted by Crippen LogP contribution is 2.33. The Balaban J connectivity index is 2.09. The van der Waals surface area contributed by atoms with Crippen molar-refractivity contribution >= 4 is 11.9 Å². The molecule has 0 saturated carbocycles. The first kappa shape index (κ1) is 13.4. The lowest BCUT2D eigenvalue weighted by molar-refractivity contribution is -0.129. The average Bonchev–Trinajstić information content (AvgIpc) is 3.09. The largest absolute Gasteiger partial charge is 0.467 e. The minimum absolute atomic E-state index is 0.215.